The first-order chi connectivity index (χ1) is 11.2. The number of nitrogens with one attached hydrogen (secondary N) is 1. The number of rotatable bonds is 5. The minimum Gasteiger partial charge on any atom is -0.497 e. The van der Waals surface area contributed by atoms with E-state index in [1.807, 2.05) is 35.9 Å². The van der Waals surface area contributed by atoms with Crippen molar-refractivity contribution in [1.29, 1.82) is 0 Å². The van der Waals surface area contributed by atoms with Gasteiger partial charge in [0.1, 0.15) is 12.1 Å². The van der Waals surface area contributed by atoms with Gasteiger partial charge in [-0.25, -0.2) is 0 Å². The summed E-state index contributed by atoms with van der Waals surface area (Å²) in [5.41, 5.74) is 0.622. The van der Waals surface area contributed by atoms with E-state index in [-0.39, 0.29) is 5.91 Å². The maximum absolute atomic E-state index is 12.9. The molecule has 0 saturated heterocycles. The number of nitrogens with zero attached hydrogens (tertiary/aromatic N) is 3. The van der Waals surface area contributed by atoms with Gasteiger partial charge in [-0.3, -0.25) is 4.79 Å². The molecule has 0 bridgehead atoms. The van der Waals surface area contributed by atoms with Crippen molar-refractivity contribution in [3.63, 3.8) is 0 Å². The van der Waals surface area contributed by atoms with E-state index < -0.39 is 5.41 Å². The Kier molecular flexibility index (Phi) is 4.32. The summed E-state index contributed by atoms with van der Waals surface area (Å²) >= 11 is 0. The van der Waals surface area contributed by atoms with Gasteiger partial charge in [0.15, 0.2) is 5.82 Å². The second-order valence-electron chi connectivity index (χ2n) is 6.06. The molecule has 1 aromatic heterocycles. The molecule has 122 valence electrons. The third kappa shape index (κ3) is 2.93. The zero-order valence-corrected chi connectivity index (χ0v) is 13.6. The van der Waals surface area contributed by atoms with Gasteiger partial charge in [-0.05, 0) is 30.5 Å². The molecule has 1 saturated carbocycles. The first-order valence-corrected chi connectivity index (χ1v) is 7.91. The molecular weight excluding hydrogens is 292 g/mol. The number of aromatic nitrogens is 3. The molecule has 1 aliphatic carbocycles. The van der Waals surface area contributed by atoms with E-state index in [2.05, 4.69) is 15.5 Å². The van der Waals surface area contributed by atoms with E-state index in [1.165, 1.54) is 0 Å². The van der Waals surface area contributed by atoms with Crippen LogP contribution in [0, 0.1) is 0 Å². The maximum atomic E-state index is 12.9. The van der Waals surface area contributed by atoms with Crippen LogP contribution in [-0.2, 0) is 23.8 Å². The van der Waals surface area contributed by atoms with E-state index in [0.717, 1.165) is 42.8 Å². The fourth-order valence-corrected chi connectivity index (χ4v) is 3.33. The molecule has 2 aromatic rings. The van der Waals surface area contributed by atoms with Gasteiger partial charge in [0, 0.05) is 7.05 Å². The lowest BCUT2D eigenvalue weighted by Crippen LogP contribution is -2.42. The van der Waals surface area contributed by atoms with Crippen LogP contribution in [-0.4, -0.2) is 27.8 Å². The second-order valence-corrected chi connectivity index (χ2v) is 6.06. The highest BCUT2D eigenvalue weighted by Gasteiger charge is 2.42. The summed E-state index contributed by atoms with van der Waals surface area (Å²) in [4.78, 5) is 12.9. The summed E-state index contributed by atoms with van der Waals surface area (Å²) < 4.78 is 7.03. The first-order valence-electron chi connectivity index (χ1n) is 7.91. The number of ether oxygens (including phenoxy) is 1. The largest absolute Gasteiger partial charge is 0.497 e. The van der Waals surface area contributed by atoms with Gasteiger partial charge >= 0.3 is 0 Å². The highest BCUT2D eigenvalue weighted by Crippen LogP contribution is 2.41. The van der Waals surface area contributed by atoms with Crippen molar-refractivity contribution in [2.75, 3.05) is 7.11 Å². The summed E-state index contributed by atoms with van der Waals surface area (Å²) in [5, 5.41) is 10.9. The minimum atomic E-state index is -0.440. The number of carbonyl (C=O) groups excluding carboxylic acids is 1. The average Bonchev–Trinajstić information content (AvgIpc) is 3.23. The smallest absolute Gasteiger partial charge is 0.231 e. The third-order valence-corrected chi connectivity index (χ3v) is 4.75. The number of hydrogen-bond donors (Lipinski definition) is 1. The Bertz CT molecular complexity index is 672. The number of carbonyl (C=O) groups is 1. The number of methoxy groups -OCH3 is 1. The predicted molar refractivity (Wildman–Crippen MR) is 86.0 cm³/mol. The monoisotopic (exact) mass is 314 g/mol. The van der Waals surface area contributed by atoms with Gasteiger partial charge in [-0.2, -0.15) is 0 Å². The van der Waals surface area contributed by atoms with E-state index in [9.17, 15) is 4.79 Å². The van der Waals surface area contributed by atoms with E-state index in [0.29, 0.717) is 6.54 Å². The molecule has 3 rings (SSSR count). The van der Waals surface area contributed by atoms with Crippen LogP contribution in [0.25, 0.3) is 0 Å². The molecule has 1 N–H and O–H groups in total. The molecule has 23 heavy (non-hydrogen) atoms. The fourth-order valence-electron chi connectivity index (χ4n) is 3.33. The highest BCUT2D eigenvalue weighted by atomic mass is 16.5. The van der Waals surface area contributed by atoms with Gasteiger partial charge in [-0.15, -0.1) is 10.2 Å². The Morgan fingerprint density at radius 1 is 1.30 bits per heavy atom. The van der Waals surface area contributed by atoms with Crippen LogP contribution in [0.5, 0.6) is 5.75 Å². The first kappa shape index (κ1) is 15.5. The Balaban J connectivity index is 1.79. The minimum absolute atomic E-state index is 0.0724. The Hall–Kier alpha value is -2.37. The summed E-state index contributed by atoms with van der Waals surface area (Å²) in [6, 6.07) is 7.86. The molecule has 1 aromatic carbocycles. The normalized spacial score (nSPS) is 16.3. The average molecular weight is 314 g/mol. The van der Waals surface area contributed by atoms with Crippen molar-refractivity contribution in [3.8, 4) is 5.75 Å². The Labute approximate surface area is 135 Å². The van der Waals surface area contributed by atoms with Crippen LogP contribution < -0.4 is 10.1 Å². The molecule has 0 radical (unpaired) electrons. The Morgan fingerprint density at radius 2 is 2.00 bits per heavy atom. The number of hydrogen-bond acceptors (Lipinski definition) is 4. The summed E-state index contributed by atoms with van der Waals surface area (Å²) in [6.07, 6.45) is 5.54. The van der Waals surface area contributed by atoms with Crippen LogP contribution in [0.3, 0.4) is 0 Å². The summed E-state index contributed by atoms with van der Waals surface area (Å²) in [5.74, 6) is 1.63. The molecule has 6 nitrogen and oxygen atoms in total. The van der Waals surface area contributed by atoms with Crippen LogP contribution >= 0.6 is 0 Å². The lowest BCUT2D eigenvalue weighted by atomic mass is 9.78. The second kappa shape index (κ2) is 6.40. The number of aryl methyl sites for hydroxylation is 1. The van der Waals surface area contributed by atoms with Crippen LogP contribution in [0.15, 0.2) is 30.6 Å². The molecule has 0 unspecified atom stereocenters. The van der Waals surface area contributed by atoms with Gasteiger partial charge in [0.05, 0.1) is 19.1 Å². The van der Waals surface area contributed by atoms with Crippen LogP contribution in [0.2, 0.25) is 0 Å². The molecule has 6 heteroatoms. The molecule has 0 spiro atoms. The molecule has 0 atom stereocenters. The molecular formula is C17H22N4O2. The topological polar surface area (TPSA) is 69.0 Å². The molecule has 1 fully saturated rings. The van der Waals surface area contributed by atoms with Gasteiger partial charge in [0.25, 0.3) is 0 Å². The van der Waals surface area contributed by atoms with Crippen molar-refractivity contribution >= 4 is 5.91 Å². The third-order valence-electron chi connectivity index (χ3n) is 4.75. The fraction of sp³-hybridized carbons (Fsp3) is 0.471. The lowest BCUT2D eigenvalue weighted by molar-refractivity contribution is -0.126. The summed E-state index contributed by atoms with van der Waals surface area (Å²) in [7, 11) is 3.52. The van der Waals surface area contributed by atoms with Crippen molar-refractivity contribution in [1.82, 2.24) is 20.1 Å². The van der Waals surface area contributed by atoms with E-state index in [4.69, 9.17) is 4.74 Å². The standard InChI is InChI=1S/C17H22N4O2/c1-21-12-19-20-15(21)11-18-16(22)17(9-3-4-10-17)13-5-7-14(23-2)8-6-13/h5-8,12H,3-4,9-11H2,1-2H3,(H,18,22). The summed E-state index contributed by atoms with van der Waals surface area (Å²) in [6.45, 7) is 0.396. The molecule has 1 aliphatic rings. The highest BCUT2D eigenvalue weighted by molar-refractivity contribution is 5.88. The predicted octanol–water partition coefficient (Wildman–Crippen LogP) is 1.95. The van der Waals surface area contributed by atoms with Gasteiger partial charge in [-0.1, -0.05) is 25.0 Å². The SMILES string of the molecule is COc1ccc(C2(C(=O)NCc3nncn3C)CCCC2)cc1. The van der Waals surface area contributed by atoms with Crippen LogP contribution in [0.4, 0.5) is 0 Å². The molecule has 0 aliphatic heterocycles. The van der Waals surface area contributed by atoms with Crippen molar-refractivity contribution in [2.24, 2.45) is 7.05 Å². The van der Waals surface area contributed by atoms with Crippen molar-refractivity contribution in [2.45, 2.75) is 37.6 Å². The quantitative estimate of drug-likeness (QED) is 0.916. The maximum Gasteiger partial charge on any atom is 0.231 e. The van der Waals surface area contributed by atoms with Crippen molar-refractivity contribution < 1.29 is 9.53 Å². The number of benzene rings is 1. The van der Waals surface area contributed by atoms with Crippen LogP contribution in [0.1, 0.15) is 37.1 Å². The van der Waals surface area contributed by atoms with Crippen molar-refractivity contribution in [3.05, 3.63) is 42.0 Å². The zero-order chi connectivity index (χ0) is 16.3. The Morgan fingerprint density at radius 3 is 2.57 bits per heavy atom. The zero-order valence-electron chi connectivity index (χ0n) is 13.6. The van der Waals surface area contributed by atoms with Gasteiger partial charge < -0.3 is 14.6 Å². The van der Waals surface area contributed by atoms with Gasteiger partial charge in [0.2, 0.25) is 5.91 Å². The van der Waals surface area contributed by atoms with E-state index in [1.54, 1.807) is 13.4 Å². The molecule has 1 amide bonds. The van der Waals surface area contributed by atoms with E-state index >= 15 is 0 Å². The molecule has 1 heterocycles. The lowest BCUT2D eigenvalue weighted by Gasteiger charge is -2.28. The number of amides is 1.